The van der Waals surface area contributed by atoms with Crippen LogP contribution >= 0.6 is 11.3 Å². The first kappa shape index (κ1) is 13.0. The number of nitrogens with one attached hydrogen (secondary N) is 1. The number of ether oxygens (including phenoxy) is 1. The topological polar surface area (TPSA) is 34.2 Å². The number of thiazole rings is 1. The molecule has 1 saturated heterocycles. The maximum Gasteiger partial charge on any atom is 0.0794 e. The van der Waals surface area contributed by atoms with E-state index in [2.05, 4.69) is 24.1 Å². The van der Waals surface area contributed by atoms with Gasteiger partial charge in [-0.3, -0.25) is 4.98 Å². The highest BCUT2D eigenvalue weighted by atomic mass is 32.1. The van der Waals surface area contributed by atoms with Gasteiger partial charge in [-0.1, -0.05) is 13.8 Å². The van der Waals surface area contributed by atoms with Crippen molar-refractivity contribution < 1.29 is 4.74 Å². The molecular weight excluding hydrogens is 232 g/mol. The Kier molecular flexibility index (Phi) is 4.95. The van der Waals surface area contributed by atoms with Crippen LogP contribution in [-0.4, -0.2) is 30.8 Å². The van der Waals surface area contributed by atoms with E-state index in [-0.39, 0.29) is 0 Å². The number of rotatable bonds is 5. The molecule has 1 aromatic rings. The van der Waals surface area contributed by atoms with Crippen LogP contribution in [-0.2, 0) is 11.2 Å². The van der Waals surface area contributed by atoms with Crippen molar-refractivity contribution in [2.75, 3.05) is 19.8 Å². The summed E-state index contributed by atoms with van der Waals surface area (Å²) < 4.78 is 5.54. The summed E-state index contributed by atoms with van der Waals surface area (Å²) in [5.41, 5.74) is 1.92. The number of nitrogens with zero attached hydrogens (tertiary/aromatic N) is 1. The van der Waals surface area contributed by atoms with Gasteiger partial charge in [-0.25, -0.2) is 0 Å². The fourth-order valence-electron chi connectivity index (χ4n) is 2.69. The van der Waals surface area contributed by atoms with E-state index in [4.69, 9.17) is 4.74 Å². The molecule has 4 heteroatoms. The Balaban J connectivity index is 1.99. The van der Waals surface area contributed by atoms with Crippen molar-refractivity contribution in [1.29, 1.82) is 0 Å². The van der Waals surface area contributed by atoms with Crippen molar-refractivity contribution in [3.8, 4) is 0 Å². The average Bonchev–Trinajstić information content (AvgIpc) is 2.82. The Bertz CT molecular complexity index is 315. The Hall–Kier alpha value is -0.450. The van der Waals surface area contributed by atoms with E-state index >= 15 is 0 Å². The molecule has 0 spiro atoms. The Morgan fingerprint density at radius 1 is 1.65 bits per heavy atom. The molecule has 2 rings (SSSR count). The van der Waals surface area contributed by atoms with Gasteiger partial charge in [0.25, 0.3) is 0 Å². The number of likely N-dealkylation sites (N-methyl/N-ethyl adjacent to an activating group) is 1. The largest absolute Gasteiger partial charge is 0.381 e. The summed E-state index contributed by atoms with van der Waals surface area (Å²) in [5.74, 6) is 1.38. The quantitative estimate of drug-likeness (QED) is 0.876. The van der Waals surface area contributed by atoms with Crippen LogP contribution in [0.5, 0.6) is 0 Å². The summed E-state index contributed by atoms with van der Waals surface area (Å²) in [6.45, 7) is 7.35. The third-order valence-electron chi connectivity index (χ3n) is 3.59. The molecular formula is C13H22N2OS. The van der Waals surface area contributed by atoms with Crippen LogP contribution in [0.4, 0.5) is 0 Å². The van der Waals surface area contributed by atoms with Crippen LogP contribution in [0.25, 0.3) is 0 Å². The van der Waals surface area contributed by atoms with E-state index in [9.17, 15) is 0 Å². The van der Waals surface area contributed by atoms with Gasteiger partial charge in [-0.2, -0.15) is 0 Å². The second-order valence-electron chi connectivity index (χ2n) is 4.84. The van der Waals surface area contributed by atoms with Gasteiger partial charge < -0.3 is 10.1 Å². The summed E-state index contributed by atoms with van der Waals surface area (Å²) in [4.78, 5) is 5.55. The van der Waals surface area contributed by atoms with E-state index in [1.807, 2.05) is 11.7 Å². The summed E-state index contributed by atoms with van der Waals surface area (Å²) >= 11 is 1.76. The minimum absolute atomic E-state index is 0.569. The molecule has 17 heavy (non-hydrogen) atoms. The van der Waals surface area contributed by atoms with Gasteiger partial charge in [-0.05, 0) is 31.2 Å². The molecule has 0 aliphatic carbocycles. The molecule has 0 radical (unpaired) electrons. The van der Waals surface area contributed by atoms with E-state index in [1.165, 1.54) is 11.3 Å². The highest BCUT2D eigenvalue weighted by Crippen LogP contribution is 2.27. The molecule has 96 valence electrons. The van der Waals surface area contributed by atoms with Gasteiger partial charge in [0.2, 0.25) is 0 Å². The molecule has 1 N–H and O–H groups in total. The van der Waals surface area contributed by atoms with Crippen molar-refractivity contribution in [3.05, 3.63) is 16.6 Å². The SMILES string of the molecule is CCNC(Cc1cncs1)C1CCOCC1C. The van der Waals surface area contributed by atoms with Crippen LogP contribution in [0.2, 0.25) is 0 Å². The van der Waals surface area contributed by atoms with Crippen molar-refractivity contribution in [3.63, 3.8) is 0 Å². The summed E-state index contributed by atoms with van der Waals surface area (Å²) in [5, 5.41) is 3.64. The maximum absolute atomic E-state index is 5.54. The monoisotopic (exact) mass is 254 g/mol. The van der Waals surface area contributed by atoms with E-state index in [0.29, 0.717) is 12.0 Å². The van der Waals surface area contributed by atoms with Crippen LogP contribution in [0.15, 0.2) is 11.7 Å². The lowest BCUT2D eigenvalue weighted by Crippen LogP contribution is -2.44. The smallest absolute Gasteiger partial charge is 0.0794 e. The fraction of sp³-hybridized carbons (Fsp3) is 0.769. The molecule has 1 aromatic heterocycles. The molecule has 3 unspecified atom stereocenters. The minimum Gasteiger partial charge on any atom is -0.381 e. The van der Waals surface area contributed by atoms with Gasteiger partial charge in [0.05, 0.1) is 5.51 Å². The lowest BCUT2D eigenvalue weighted by Gasteiger charge is -2.35. The highest BCUT2D eigenvalue weighted by Gasteiger charge is 2.29. The maximum atomic E-state index is 5.54. The van der Waals surface area contributed by atoms with Crippen molar-refractivity contribution in [1.82, 2.24) is 10.3 Å². The third kappa shape index (κ3) is 3.50. The van der Waals surface area contributed by atoms with Crippen LogP contribution in [0, 0.1) is 11.8 Å². The highest BCUT2D eigenvalue weighted by molar-refractivity contribution is 7.09. The molecule has 0 aromatic carbocycles. The van der Waals surface area contributed by atoms with Crippen LogP contribution in [0.1, 0.15) is 25.1 Å². The molecule has 0 saturated carbocycles. The van der Waals surface area contributed by atoms with Gasteiger partial charge in [-0.15, -0.1) is 11.3 Å². The predicted molar refractivity (Wildman–Crippen MR) is 71.4 cm³/mol. The molecule has 3 nitrogen and oxygen atoms in total. The summed E-state index contributed by atoms with van der Waals surface area (Å²) in [6.07, 6.45) is 4.28. The minimum atomic E-state index is 0.569. The van der Waals surface area contributed by atoms with Gasteiger partial charge >= 0.3 is 0 Å². The van der Waals surface area contributed by atoms with Gasteiger partial charge in [0, 0.05) is 30.3 Å². The van der Waals surface area contributed by atoms with Gasteiger partial charge in [0.1, 0.15) is 0 Å². The first-order chi connectivity index (χ1) is 8.31. The molecule has 1 fully saturated rings. The Morgan fingerprint density at radius 2 is 2.53 bits per heavy atom. The first-order valence-corrected chi connectivity index (χ1v) is 7.37. The lowest BCUT2D eigenvalue weighted by molar-refractivity contribution is 0.0112. The Labute approximate surface area is 108 Å². The number of hydrogen-bond acceptors (Lipinski definition) is 4. The van der Waals surface area contributed by atoms with Crippen molar-refractivity contribution in [2.45, 2.75) is 32.7 Å². The molecule has 1 aliphatic rings. The number of hydrogen-bond donors (Lipinski definition) is 1. The zero-order valence-corrected chi connectivity index (χ0v) is 11.5. The third-order valence-corrected chi connectivity index (χ3v) is 4.40. The molecule has 2 heterocycles. The van der Waals surface area contributed by atoms with E-state index < -0.39 is 0 Å². The number of aromatic nitrogens is 1. The Morgan fingerprint density at radius 3 is 3.18 bits per heavy atom. The predicted octanol–water partition coefficient (Wildman–Crippen LogP) is 2.34. The zero-order chi connectivity index (χ0) is 12.1. The molecule has 0 amide bonds. The van der Waals surface area contributed by atoms with E-state index in [1.54, 1.807) is 11.3 Å². The fourth-order valence-corrected chi connectivity index (χ4v) is 3.35. The molecule has 3 atom stereocenters. The standard InChI is InChI=1S/C13H22N2OS/c1-3-15-13(6-11-7-14-9-17-11)12-4-5-16-8-10(12)2/h7,9-10,12-13,15H,3-6,8H2,1-2H3. The average molecular weight is 254 g/mol. The second kappa shape index (κ2) is 6.47. The van der Waals surface area contributed by atoms with Crippen molar-refractivity contribution in [2.24, 2.45) is 11.8 Å². The summed E-state index contributed by atoms with van der Waals surface area (Å²) in [6, 6.07) is 0.569. The van der Waals surface area contributed by atoms with Crippen LogP contribution < -0.4 is 5.32 Å². The van der Waals surface area contributed by atoms with Gasteiger partial charge in [0.15, 0.2) is 0 Å². The van der Waals surface area contributed by atoms with E-state index in [0.717, 1.165) is 32.1 Å². The molecule has 0 bridgehead atoms. The lowest BCUT2D eigenvalue weighted by atomic mass is 9.82. The molecule has 1 aliphatic heterocycles. The second-order valence-corrected chi connectivity index (χ2v) is 5.81. The van der Waals surface area contributed by atoms with Crippen molar-refractivity contribution >= 4 is 11.3 Å². The van der Waals surface area contributed by atoms with Crippen LogP contribution in [0.3, 0.4) is 0 Å². The zero-order valence-electron chi connectivity index (χ0n) is 10.7. The first-order valence-electron chi connectivity index (χ1n) is 6.49. The normalized spacial score (nSPS) is 26.9. The summed E-state index contributed by atoms with van der Waals surface area (Å²) in [7, 11) is 0.